The number of imidazole rings is 1. The molecule has 29 heavy (non-hydrogen) atoms. The highest BCUT2D eigenvalue weighted by Crippen LogP contribution is 2.25. The second-order valence-corrected chi connectivity index (χ2v) is 7.90. The first kappa shape index (κ1) is 19.4. The maximum absolute atomic E-state index is 13.3. The molecular formula is C24H26FN3O. The highest BCUT2D eigenvalue weighted by Gasteiger charge is 2.22. The van der Waals surface area contributed by atoms with Crippen molar-refractivity contribution in [3.8, 4) is 11.1 Å². The lowest BCUT2D eigenvalue weighted by Crippen LogP contribution is -2.33. The van der Waals surface area contributed by atoms with Crippen LogP contribution in [-0.4, -0.2) is 33.4 Å². The van der Waals surface area contributed by atoms with Gasteiger partial charge < -0.3 is 9.47 Å². The Morgan fingerprint density at radius 3 is 2.72 bits per heavy atom. The summed E-state index contributed by atoms with van der Waals surface area (Å²) < 4.78 is 15.2. The molecule has 1 aliphatic heterocycles. The number of hydrogen-bond acceptors (Lipinski definition) is 2. The fourth-order valence-electron chi connectivity index (χ4n) is 4.01. The van der Waals surface area contributed by atoms with E-state index in [1.165, 1.54) is 18.6 Å². The molecule has 1 aliphatic rings. The molecule has 150 valence electrons. The van der Waals surface area contributed by atoms with Crippen molar-refractivity contribution in [2.75, 3.05) is 13.1 Å². The van der Waals surface area contributed by atoms with Gasteiger partial charge in [-0.2, -0.15) is 0 Å². The Balaban J connectivity index is 1.59. The van der Waals surface area contributed by atoms with Crippen LogP contribution in [0.15, 0.2) is 61.1 Å². The number of aromatic nitrogens is 2. The normalized spacial score (nSPS) is 17.2. The molecule has 0 aliphatic carbocycles. The van der Waals surface area contributed by atoms with Gasteiger partial charge in [-0.25, -0.2) is 9.37 Å². The molecule has 4 rings (SSSR count). The van der Waals surface area contributed by atoms with E-state index in [0.29, 0.717) is 18.2 Å². The first-order valence-electron chi connectivity index (χ1n) is 10.2. The Morgan fingerprint density at radius 1 is 1.10 bits per heavy atom. The Bertz CT molecular complexity index is 980. The zero-order valence-electron chi connectivity index (χ0n) is 16.7. The van der Waals surface area contributed by atoms with Crippen LogP contribution in [0.2, 0.25) is 0 Å². The third-order valence-corrected chi connectivity index (χ3v) is 5.75. The van der Waals surface area contributed by atoms with Crippen molar-refractivity contribution >= 4 is 5.91 Å². The van der Waals surface area contributed by atoms with Gasteiger partial charge in [0.25, 0.3) is 5.91 Å². The predicted octanol–water partition coefficient (Wildman–Crippen LogP) is 5.00. The minimum Gasteiger partial charge on any atom is -0.337 e. The van der Waals surface area contributed by atoms with E-state index in [9.17, 15) is 9.18 Å². The number of amides is 1. The van der Waals surface area contributed by atoms with Gasteiger partial charge in [0.15, 0.2) is 0 Å². The van der Waals surface area contributed by atoms with E-state index in [4.69, 9.17) is 0 Å². The summed E-state index contributed by atoms with van der Waals surface area (Å²) >= 11 is 0. The van der Waals surface area contributed by atoms with E-state index in [-0.39, 0.29) is 11.7 Å². The average Bonchev–Trinajstić information content (AvgIpc) is 3.08. The van der Waals surface area contributed by atoms with Crippen LogP contribution >= 0.6 is 0 Å². The quantitative estimate of drug-likeness (QED) is 0.628. The Kier molecular flexibility index (Phi) is 5.74. The number of carbonyl (C=O) groups excluding carboxylic acids is 1. The smallest absolute Gasteiger partial charge is 0.272 e. The molecule has 0 spiro atoms. The molecule has 4 nitrogen and oxygen atoms in total. The van der Waals surface area contributed by atoms with Crippen molar-refractivity contribution in [2.45, 2.75) is 32.7 Å². The second kappa shape index (κ2) is 8.60. The molecule has 2 aromatic carbocycles. The molecule has 1 atom stereocenters. The number of rotatable bonds is 4. The summed E-state index contributed by atoms with van der Waals surface area (Å²) in [7, 11) is 0. The van der Waals surface area contributed by atoms with Crippen LogP contribution in [0.1, 0.15) is 42.2 Å². The van der Waals surface area contributed by atoms with Gasteiger partial charge in [0.05, 0.1) is 12.5 Å². The van der Waals surface area contributed by atoms with Gasteiger partial charge in [0.1, 0.15) is 11.5 Å². The van der Waals surface area contributed by atoms with E-state index in [1.807, 2.05) is 33.7 Å². The highest BCUT2D eigenvalue weighted by molar-refractivity contribution is 5.92. The average molecular weight is 391 g/mol. The first-order chi connectivity index (χ1) is 14.1. The second-order valence-electron chi connectivity index (χ2n) is 7.90. The molecule has 0 radical (unpaired) electrons. The van der Waals surface area contributed by atoms with Crippen molar-refractivity contribution in [3.63, 3.8) is 0 Å². The Labute approximate surface area is 171 Å². The summed E-state index contributed by atoms with van der Waals surface area (Å²) in [5.74, 6) is 0.469. The number of likely N-dealkylation sites (tertiary alicyclic amines) is 1. The zero-order chi connectivity index (χ0) is 20.2. The summed E-state index contributed by atoms with van der Waals surface area (Å²) in [6, 6.07) is 14.5. The highest BCUT2D eigenvalue weighted by atomic mass is 19.1. The molecule has 1 saturated heterocycles. The molecule has 1 aromatic heterocycles. The monoisotopic (exact) mass is 391 g/mol. The summed E-state index contributed by atoms with van der Waals surface area (Å²) in [6.07, 6.45) is 6.65. The van der Waals surface area contributed by atoms with Crippen LogP contribution < -0.4 is 0 Å². The number of nitrogens with zero attached hydrogens (tertiary/aromatic N) is 3. The fraction of sp³-hybridized carbons (Fsp3) is 0.333. The van der Waals surface area contributed by atoms with Gasteiger partial charge in [-0.3, -0.25) is 4.79 Å². The van der Waals surface area contributed by atoms with Crippen molar-refractivity contribution in [1.29, 1.82) is 0 Å². The number of benzene rings is 2. The van der Waals surface area contributed by atoms with E-state index >= 15 is 0 Å². The lowest BCUT2D eigenvalue weighted by molar-refractivity contribution is 0.0750. The molecule has 1 unspecified atom stereocenters. The maximum atomic E-state index is 13.3. The van der Waals surface area contributed by atoms with Crippen LogP contribution in [0.5, 0.6) is 0 Å². The largest absolute Gasteiger partial charge is 0.337 e. The van der Waals surface area contributed by atoms with E-state index < -0.39 is 0 Å². The summed E-state index contributed by atoms with van der Waals surface area (Å²) in [5.41, 5.74) is 3.67. The lowest BCUT2D eigenvalue weighted by Gasteiger charge is -2.21. The van der Waals surface area contributed by atoms with Crippen LogP contribution in [-0.2, 0) is 6.54 Å². The number of halogens is 1. The number of hydrogen-bond donors (Lipinski definition) is 0. The minimum atomic E-state index is -0.250. The summed E-state index contributed by atoms with van der Waals surface area (Å²) in [4.78, 5) is 19.4. The van der Waals surface area contributed by atoms with Gasteiger partial charge >= 0.3 is 0 Å². The number of carbonyl (C=O) groups is 1. The summed E-state index contributed by atoms with van der Waals surface area (Å²) in [6.45, 7) is 4.40. The van der Waals surface area contributed by atoms with Gasteiger partial charge in [-0.05, 0) is 54.0 Å². The molecular weight excluding hydrogens is 365 g/mol. The SMILES string of the molecule is CC1CCCN(C(=O)c2cncn2Cc2ccccc2-c2ccc(F)cc2)CC1. The van der Waals surface area contributed by atoms with Crippen LogP contribution in [0.4, 0.5) is 4.39 Å². The van der Waals surface area contributed by atoms with Gasteiger partial charge in [-0.15, -0.1) is 0 Å². The third kappa shape index (κ3) is 4.39. The van der Waals surface area contributed by atoms with E-state index in [1.54, 1.807) is 24.7 Å². The molecule has 0 saturated carbocycles. The van der Waals surface area contributed by atoms with E-state index in [0.717, 1.165) is 42.6 Å². The standard InChI is InChI=1S/C24H26FN3O/c1-18-5-4-13-27(14-12-18)24(29)23-15-26-17-28(23)16-20-6-2-3-7-22(20)19-8-10-21(25)11-9-19/h2-3,6-11,15,17-18H,4-5,12-14,16H2,1H3. The topological polar surface area (TPSA) is 38.1 Å². The molecule has 1 amide bonds. The van der Waals surface area contributed by atoms with Crippen LogP contribution in [0.3, 0.4) is 0 Å². The molecule has 0 bridgehead atoms. The third-order valence-electron chi connectivity index (χ3n) is 5.75. The molecule has 2 heterocycles. The van der Waals surface area contributed by atoms with Crippen molar-refractivity contribution in [2.24, 2.45) is 5.92 Å². The predicted molar refractivity (Wildman–Crippen MR) is 112 cm³/mol. The molecule has 5 heteroatoms. The summed E-state index contributed by atoms with van der Waals surface area (Å²) in [5, 5.41) is 0. The van der Waals surface area contributed by atoms with Crippen LogP contribution in [0.25, 0.3) is 11.1 Å². The Morgan fingerprint density at radius 2 is 1.90 bits per heavy atom. The van der Waals surface area contributed by atoms with Gasteiger partial charge in [-0.1, -0.05) is 43.3 Å². The molecule has 1 fully saturated rings. The Hall–Kier alpha value is -2.95. The van der Waals surface area contributed by atoms with Gasteiger partial charge in [0, 0.05) is 19.6 Å². The van der Waals surface area contributed by atoms with Gasteiger partial charge in [0.2, 0.25) is 0 Å². The van der Waals surface area contributed by atoms with Crippen molar-refractivity contribution in [1.82, 2.24) is 14.5 Å². The lowest BCUT2D eigenvalue weighted by atomic mass is 9.99. The van der Waals surface area contributed by atoms with Crippen molar-refractivity contribution < 1.29 is 9.18 Å². The first-order valence-corrected chi connectivity index (χ1v) is 10.2. The van der Waals surface area contributed by atoms with Crippen molar-refractivity contribution in [3.05, 3.63) is 78.1 Å². The zero-order valence-corrected chi connectivity index (χ0v) is 16.7. The maximum Gasteiger partial charge on any atom is 0.272 e. The minimum absolute atomic E-state index is 0.0517. The fourth-order valence-corrected chi connectivity index (χ4v) is 4.01. The molecule has 0 N–H and O–H groups in total. The molecule has 3 aromatic rings. The van der Waals surface area contributed by atoms with Crippen LogP contribution in [0, 0.1) is 11.7 Å². The van der Waals surface area contributed by atoms with E-state index in [2.05, 4.69) is 11.9 Å².